The minimum atomic E-state index is -0.803. The highest BCUT2D eigenvalue weighted by Crippen LogP contribution is 2.32. The molecule has 1 aromatic heterocycles. The van der Waals surface area contributed by atoms with Gasteiger partial charge in [-0.25, -0.2) is 0 Å². The fourth-order valence-corrected chi connectivity index (χ4v) is 3.84. The van der Waals surface area contributed by atoms with Crippen LogP contribution in [0.5, 0.6) is 0 Å². The van der Waals surface area contributed by atoms with E-state index in [1.54, 1.807) is 12.1 Å². The molecule has 1 fully saturated rings. The van der Waals surface area contributed by atoms with Gasteiger partial charge >= 0.3 is 5.97 Å². The van der Waals surface area contributed by atoms with Crippen molar-refractivity contribution in [3.8, 4) is 0 Å². The minimum absolute atomic E-state index is 0.0582. The molecule has 0 unspecified atom stereocenters. The van der Waals surface area contributed by atoms with Crippen LogP contribution in [-0.2, 0) is 4.79 Å². The van der Waals surface area contributed by atoms with Crippen molar-refractivity contribution in [1.82, 2.24) is 9.88 Å². The van der Waals surface area contributed by atoms with E-state index in [9.17, 15) is 14.9 Å². The van der Waals surface area contributed by atoms with Crippen molar-refractivity contribution in [3.05, 3.63) is 40.1 Å². The molecule has 3 rings (SSSR count). The first kappa shape index (κ1) is 19.0. The van der Waals surface area contributed by atoms with E-state index in [2.05, 4.69) is 9.88 Å². The van der Waals surface area contributed by atoms with Gasteiger partial charge in [0.2, 0.25) is 0 Å². The van der Waals surface area contributed by atoms with Gasteiger partial charge in [0.1, 0.15) is 0 Å². The Balaban J connectivity index is 1.85. The predicted octanol–water partition coefficient (Wildman–Crippen LogP) is 2.83. The maximum atomic E-state index is 11.2. The van der Waals surface area contributed by atoms with Crippen molar-refractivity contribution in [1.29, 1.82) is 0 Å². The van der Waals surface area contributed by atoms with Crippen LogP contribution in [0.3, 0.4) is 0 Å². The lowest BCUT2D eigenvalue weighted by atomic mass is 10.0. The van der Waals surface area contributed by atoms with Gasteiger partial charge in [-0.15, -0.1) is 0 Å². The largest absolute Gasteiger partial charge is 0.480 e. The average Bonchev–Trinajstić information content (AvgIpc) is 2.65. The number of carboxylic acids is 1. The summed E-state index contributed by atoms with van der Waals surface area (Å²) in [6, 6.07) is 6.98. The minimum Gasteiger partial charge on any atom is -0.480 e. The lowest BCUT2D eigenvalue weighted by molar-refractivity contribution is -0.384. The van der Waals surface area contributed by atoms with Crippen LogP contribution in [0.1, 0.15) is 25.5 Å². The number of benzene rings is 1. The molecule has 0 atom stereocenters. The van der Waals surface area contributed by atoms with Crippen LogP contribution < -0.4 is 4.90 Å². The van der Waals surface area contributed by atoms with Gasteiger partial charge in [0.05, 0.1) is 17.0 Å². The number of aliphatic carboxylic acids is 1. The average molecular weight is 372 g/mol. The van der Waals surface area contributed by atoms with E-state index in [1.807, 2.05) is 24.8 Å². The fraction of sp³-hybridized carbons (Fsp3) is 0.474. The molecule has 0 amide bonds. The summed E-state index contributed by atoms with van der Waals surface area (Å²) in [6.45, 7) is 6.23. The number of hydrogen-bond acceptors (Lipinski definition) is 6. The number of fused-ring (bicyclic) bond motifs is 1. The van der Waals surface area contributed by atoms with E-state index in [4.69, 9.17) is 5.11 Å². The van der Waals surface area contributed by atoms with Crippen LogP contribution in [0.15, 0.2) is 24.3 Å². The molecule has 1 aromatic carbocycles. The summed E-state index contributed by atoms with van der Waals surface area (Å²) in [5, 5.41) is 21.0. The molecule has 0 radical (unpaired) electrons. The molecule has 144 valence electrons. The summed E-state index contributed by atoms with van der Waals surface area (Å²) in [6.07, 6.45) is 1.72. The molecule has 0 spiro atoms. The molecule has 0 bridgehead atoms. The van der Waals surface area contributed by atoms with Gasteiger partial charge in [0.15, 0.2) is 0 Å². The topological polar surface area (TPSA) is 99.8 Å². The zero-order valence-corrected chi connectivity index (χ0v) is 15.6. The van der Waals surface area contributed by atoms with E-state index in [0.717, 1.165) is 48.2 Å². The second-order valence-electron chi connectivity index (χ2n) is 6.92. The molecule has 8 nitrogen and oxygen atoms in total. The van der Waals surface area contributed by atoms with Crippen LogP contribution in [0, 0.1) is 17.0 Å². The molecule has 2 aromatic rings. The molecule has 0 aliphatic carbocycles. The highest BCUT2D eigenvalue weighted by molar-refractivity contribution is 5.93. The summed E-state index contributed by atoms with van der Waals surface area (Å²) in [4.78, 5) is 30.5. The molecule has 27 heavy (non-hydrogen) atoms. The number of carboxylic acid groups (broad SMARTS) is 1. The zero-order valence-electron chi connectivity index (χ0n) is 15.6. The number of hydrogen-bond donors (Lipinski definition) is 1. The number of piperidine rings is 1. The number of carbonyl (C=O) groups is 1. The number of likely N-dealkylation sites (N-methyl/N-ethyl adjacent to an activating group) is 1. The Hall–Kier alpha value is -2.74. The van der Waals surface area contributed by atoms with Crippen molar-refractivity contribution >= 4 is 28.2 Å². The second kappa shape index (κ2) is 7.87. The SMILES string of the molecule is CCN(CC(=O)O)C1CCN(c2cc(C)nc3ccc([N+](=O)[O-])cc23)CC1. The molecule has 0 saturated carbocycles. The molecule has 1 saturated heterocycles. The van der Waals surface area contributed by atoms with E-state index < -0.39 is 5.97 Å². The Morgan fingerprint density at radius 3 is 2.67 bits per heavy atom. The summed E-state index contributed by atoms with van der Waals surface area (Å²) in [5.41, 5.74) is 2.64. The lowest BCUT2D eigenvalue weighted by Gasteiger charge is -2.38. The smallest absolute Gasteiger partial charge is 0.317 e. The first-order valence-corrected chi connectivity index (χ1v) is 9.15. The van der Waals surface area contributed by atoms with Crippen LogP contribution in [0.25, 0.3) is 10.9 Å². The van der Waals surface area contributed by atoms with Gasteiger partial charge in [-0.3, -0.25) is 24.8 Å². The maximum absolute atomic E-state index is 11.2. The van der Waals surface area contributed by atoms with Crippen molar-refractivity contribution in [2.45, 2.75) is 32.7 Å². The number of anilines is 1. The summed E-state index contributed by atoms with van der Waals surface area (Å²) >= 11 is 0. The number of aryl methyl sites for hydroxylation is 1. The van der Waals surface area contributed by atoms with E-state index >= 15 is 0 Å². The lowest BCUT2D eigenvalue weighted by Crippen LogP contribution is -2.46. The normalized spacial score (nSPS) is 15.4. The van der Waals surface area contributed by atoms with E-state index in [0.29, 0.717) is 6.54 Å². The van der Waals surface area contributed by atoms with Crippen LogP contribution >= 0.6 is 0 Å². The number of aromatic nitrogens is 1. The Morgan fingerprint density at radius 2 is 2.07 bits per heavy atom. The molecular formula is C19H24N4O4. The molecular weight excluding hydrogens is 348 g/mol. The summed E-state index contributed by atoms with van der Waals surface area (Å²) in [5.74, 6) is -0.803. The van der Waals surface area contributed by atoms with Crippen LogP contribution in [0.2, 0.25) is 0 Å². The van der Waals surface area contributed by atoms with Crippen molar-refractivity contribution in [2.75, 3.05) is 31.1 Å². The number of pyridine rings is 1. The highest BCUT2D eigenvalue weighted by Gasteiger charge is 2.26. The quantitative estimate of drug-likeness (QED) is 0.615. The van der Waals surface area contributed by atoms with Crippen molar-refractivity contribution in [2.24, 2.45) is 0 Å². The number of nitrogens with zero attached hydrogens (tertiary/aromatic N) is 4. The number of nitro groups is 1. The molecule has 1 aliphatic heterocycles. The zero-order chi connectivity index (χ0) is 19.6. The number of nitro benzene ring substituents is 1. The first-order valence-electron chi connectivity index (χ1n) is 9.15. The van der Waals surface area contributed by atoms with Gasteiger partial charge in [0, 0.05) is 48.0 Å². The number of non-ortho nitro benzene ring substituents is 1. The Morgan fingerprint density at radius 1 is 1.37 bits per heavy atom. The van der Waals surface area contributed by atoms with Gasteiger partial charge in [0.25, 0.3) is 5.69 Å². The predicted molar refractivity (Wildman–Crippen MR) is 103 cm³/mol. The standard InChI is InChI=1S/C19H24N4O4/c1-3-21(12-19(24)25)14-6-8-22(9-7-14)18-10-13(2)20-17-5-4-15(23(26)27)11-16(17)18/h4-5,10-11,14H,3,6-9,12H2,1-2H3,(H,24,25). The van der Waals surface area contributed by atoms with Gasteiger partial charge in [-0.1, -0.05) is 6.92 Å². The van der Waals surface area contributed by atoms with Crippen molar-refractivity contribution < 1.29 is 14.8 Å². The monoisotopic (exact) mass is 372 g/mol. The van der Waals surface area contributed by atoms with Gasteiger partial charge in [-0.2, -0.15) is 0 Å². The number of rotatable bonds is 6. The van der Waals surface area contributed by atoms with Crippen molar-refractivity contribution in [3.63, 3.8) is 0 Å². The van der Waals surface area contributed by atoms with Crippen LogP contribution in [-0.4, -0.2) is 58.1 Å². The van der Waals surface area contributed by atoms with Crippen LogP contribution in [0.4, 0.5) is 11.4 Å². The summed E-state index contributed by atoms with van der Waals surface area (Å²) < 4.78 is 0. The third kappa shape index (κ3) is 4.16. The van der Waals surface area contributed by atoms with E-state index in [-0.39, 0.29) is 23.2 Å². The molecule has 1 N–H and O–H groups in total. The van der Waals surface area contributed by atoms with E-state index in [1.165, 1.54) is 6.07 Å². The molecule has 1 aliphatic rings. The Kier molecular flexibility index (Phi) is 5.55. The first-order chi connectivity index (χ1) is 12.9. The third-order valence-corrected chi connectivity index (χ3v) is 5.18. The fourth-order valence-electron chi connectivity index (χ4n) is 3.84. The third-order valence-electron chi connectivity index (χ3n) is 5.18. The maximum Gasteiger partial charge on any atom is 0.317 e. The Bertz CT molecular complexity index is 862. The second-order valence-corrected chi connectivity index (χ2v) is 6.92. The van der Waals surface area contributed by atoms with Gasteiger partial charge < -0.3 is 10.0 Å². The molecule has 8 heteroatoms. The van der Waals surface area contributed by atoms with Gasteiger partial charge in [-0.05, 0) is 38.4 Å². The highest BCUT2D eigenvalue weighted by atomic mass is 16.6. The summed E-state index contributed by atoms with van der Waals surface area (Å²) in [7, 11) is 0. The Labute approximate surface area is 157 Å². The molecule has 2 heterocycles.